The van der Waals surface area contributed by atoms with Gasteiger partial charge in [0.25, 0.3) is 10.0 Å². The number of hydrogen-bond acceptors (Lipinski definition) is 5. The van der Waals surface area contributed by atoms with Crippen molar-refractivity contribution < 1.29 is 13.2 Å². The lowest BCUT2D eigenvalue weighted by atomic mass is 10.2. The second kappa shape index (κ2) is 8.39. The normalized spacial score (nSPS) is 11.6. The Balaban J connectivity index is 1.87. The van der Waals surface area contributed by atoms with E-state index < -0.39 is 10.0 Å². The summed E-state index contributed by atoms with van der Waals surface area (Å²) in [6, 6.07) is 18.1. The Kier molecular flexibility index (Phi) is 5.65. The van der Waals surface area contributed by atoms with E-state index in [1.54, 1.807) is 35.9 Å². The zero-order valence-corrected chi connectivity index (χ0v) is 18.5. The average molecular weight is 437 g/mol. The molecule has 0 N–H and O–H groups in total. The van der Waals surface area contributed by atoms with Crippen molar-refractivity contribution in [3.63, 3.8) is 0 Å². The van der Waals surface area contributed by atoms with Gasteiger partial charge < -0.3 is 4.74 Å². The molecule has 31 heavy (non-hydrogen) atoms. The van der Waals surface area contributed by atoms with Crippen LogP contribution < -0.4 is 9.04 Å². The molecule has 4 rings (SSSR count). The van der Waals surface area contributed by atoms with Crippen molar-refractivity contribution in [3.05, 3.63) is 83.8 Å². The SMILES string of the molecule is CCc1nnc2c(S(=O)(=O)N(Cc3cccc(OC)c3)c3cccc(C)c3)cccn12. The molecule has 0 bridgehead atoms. The molecule has 0 saturated heterocycles. The zero-order chi connectivity index (χ0) is 22.0. The van der Waals surface area contributed by atoms with E-state index in [-0.39, 0.29) is 11.4 Å². The molecule has 0 fully saturated rings. The summed E-state index contributed by atoms with van der Waals surface area (Å²) in [7, 11) is -2.35. The van der Waals surface area contributed by atoms with Crippen LogP contribution in [0.25, 0.3) is 5.65 Å². The predicted molar refractivity (Wildman–Crippen MR) is 120 cm³/mol. The summed E-state index contributed by atoms with van der Waals surface area (Å²) < 4.78 is 36.3. The molecule has 2 aromatic heterocycles. The summed E-state index contributed by atoms with van der Waals surface area (Å²) in [5.74, 6) is 1.38. The van der Waals surface area contributed by atoms with E-state index in [0.29, 0.717) is 29.3 Å². The Labute approximate surface area is 182 Å². The fourth-order valence-corrected chi connectivity index (χ4v) is 5.10. The Hall–Kier alpha value is -3.39. The van der Waals surface area contributed by atoms with Gasteiger partial charge in [0, 0.05) is 12.6 Å². The third kappa shape index (κ3) is 3.98. The van der Waals surface area contributed by atoms with Crippen LogP contribution in [0, 0.1) is 6.92 Å². The van der Waals surface area contributed by atoms with Gasteiger partial charge in [0.15, 0.2) is 5.65 Å². The van der Waals surface area contributed by atoms with Crippen molar-refractivity contribution in [2.75, 3.05) is 11.4 Å². The molecule has 0 saturated carbocycles. The van der Waals surface area contributed by atoms with E-state index in [1.165, 1.54) is 4.31 Å². The molecule has 7 nitrogen and oxygen atoms in total. The van der Waals surface area contributed by atoms with Crippen LogP contribution in [0.2, 0.25) is 0 Å². The number of ether oxygens (including phenoxy) is 1. The minimum Gasteiger partial charge on any atom is -0.497 e. The average Bonchev–Trinajstić information content (AvgIpc) is 3.20. The lowest BCUT2D eigenvalue weighted by Crippen LogP contribution is -2.31. The molecular formula is C23H24N4O3S. The minimum atomic E-state index is -3.94. The third-order valence-corrected chi connectivity index (χ3v) is 6.90. The number of pyridine rings is 1. The molecule has 0 aliphatic rings. The second-order valence-electron chi connectivity index (χ2n) is 7.24. The molecular weight excluding hydrogens is 412 g/mol. The van der Waals surface area contributed by atoms with Crippen LogP contribution in [0.15, 0.2) is 71.8 Å². The van der Waals surface area contributed by atoms with E-state index in [1.807, 2.05) is 56.3 Å². The Morgan fingerprint density at radius 3 is 2.58 bits per heavy atom. The highest BCUT2D eigenvalue weighted by Crippen LogP contribution is 2.29. The van der Waals surface area contributed by atoms with E-state index in [4.69, 9.17) is 4.74 Å². The summed E-state index contributed by atoms with van der Waals surface area (Å²) in [4.78, 5) is 0.117. The molecule has 0 spiro atoms. The van der Waals surface area contributed by atoms with Gasteiger partial charge >= 0.3 is 0 Å². The van der Waals surface area contributed by atoms with E-state index in [0.717, 1.165) is 11.1 Å². The Morgan fingerprint density at radius 2 is 1.84 bits per heavy atom. The molecule has 160 valence electrons. The van der Waals surface area contributed by atoms with Crippen molar-refractivity contribution >= 4 is 21.4 Å². The first-order valence-corrected chi connectivity index (χ1v) is 11.4. The molecule has 2 aromatic carbocycles. The fraction of sp³-hybridized carbons (Fsp3) is 0.217. The topological polar surface area (TPSA) is 76.8 Å². The number of sulfonamides is 1. The number of aromatic nitrogens is 3. The maximum Gasteiger partial charge on any atom is 0.268 e. The highest BCUT2D eigenvalue weighted by atomic mass is 32.2. The van der Waals surface area contributed by atoms with Gasteiger partial charge in [-0.1, -0.05) is 31.2 Å². The first-order valence-electron chi connectivity index (χ1n) is 9.99. The molecule has 0 aliphatic heterocycles. The van der Waals surface area contributed by atoms with Gasteiger partial charge in [-0.2, -0.15) is 0 Å². The van der Waals surface area contributed by atoms with Gasteiger partial charge in [-0.05, 0) is 54.4 Å². The van der Waals surface area contributed by atoms with Gasteiger partial charge in [-0.3, -0.25) is 8.71 Å². The minimum absolute atomic E-state index is 0.117. The quantitative estimate of drug-likeness (QED) is 0.438. The largest absolute Gasteiger partial charge is 0.497 e. The number of nitrogens with zero attached hydrogens (tertiary/aromatic N) is 4. The number of anilines is 1. The van der Waals surface area contributed by atoms with Crippen molar-refractivity contribution in [1.82, 2.24) is 14.6 Å². The smallest absolute Gasteiger partial charge is 0.268 e. The summed E-state index contributed by atoms with van der Waals surface area (Å²) in [5, 5.41) is 8.33. The summed E-state index contributed by atoms with van der Waals surface area (Å²) >= 11 is 0. The molecule has 0 amide bonds. The highest BCUT2D eigenvalue weighted by Gasteiger charge is 2.29. The van der Waals surface area contributed by atoms with Crippen molar-refractivity contribution in [3.8, 4) is 5.75 Å². The van der Waals surface area contributed by atoms with Gasteiger partial charge in [0.05, 0.1) is 19.3 Å². The van der Waals surface area contributed by atoms with Crippen LogP contribution in [0.1, 0.15) is 23.9 Å². The number of fused-ring (bicyclic) bond motifs is 1. The molecule has 2 heterocycles. The van der Waals surface area contributed by atoms with Gasteiger partial charge in [-0.15, -0.1) is 10.2 Å². The van der Waals surface area contributed by atoms with Crippen LogP contribution in [-0.2, 0) is 23.0 Å². The number of methoxy groups -OCH3 is 1. The van der Waals surface area contributed by atoms with Gasteiger partial charge in [0.1, 0.15) is 16.5 Å². The number of hydrogen-bond donors (Lipinski definition) is 0. The standard InChI is InChI=1S/C23H24N4O3S/c1-4-22-24-25-23-21(12-7-13-26(22)23)31(28,29)27(19-10-5-8-17(2)14-19)16-18-9-6-11-20(15-18)30-3/h5-15H,4,16H2,1-3H3. The molecule has 0 aliphatic carbocycles. The van der Waals surface area contributed by atoms with Crippen molar-refractivity contribution in [1.29, 1.82) is 0 Å². The van der Waals surface area contributed by atoms with E-state index in [9.17, 15) is 8.42 Å². The Bertz CT molecular complexity index is 1330. The summed E-state index contributed by atoms with van der Waals surface area (Å²) in [5.41, 5.74) is 2.69. The van der Waals surface area contributed by atoms with E-state index >= 15 is 0 Å². The molecule has 0 unspecified atom stereocenters. The zero-order valence-electron chi connectivity index (χ0n) is 17.7. The van der Waals surface area contributed by atoms with Crippen molar-refractivity contribution in [2.45, 2.75) is 31.7 Å². The monoisotopic (exact) mass is 436 g/mol. The van der Waals surface area contributed by atoms with Crippen LogP contribution in [-0.4, -0.2) is 30.1 Å². The van der Waals surface area contributed by atoms with Crippen LogP contribution in [0.4, 0.5) is 5.69 Å². The molecule has 8 heteroatoms. The van der Waals surface area contributed by atoms with Gasteiger partial charge in [0.2, 0.25) is 0 Å². The maximum absolute atomic E-state index is 13.9. The van der Waals surface area contributed by atoms with Crippen molar-refractivity contribution in [2.24, 2.45) is 0 Å². The molecule has 0 atom stereocenters. The first kappa shape index (κ1) is 20.9. The molecule has 4 aromatic rings. The summed E-state index contributed by atoms with van der Waals surface area (Å²) in [6.07, 6.45) is 2.43. The van der Waals surface area contributed by atoms with Crippen LogP contribution in [0.5, 0.6) is 5.75 Å². The second-order valence-corrected chi connectivity index (χ2v) is 9.07. The van der Waals surface area contributed by atoms with Crippen LogP contribution in [0.3, 0.4) is 0 Å². The number of aryl methyl sites for hydroxylation is 2. The molecule has 0 radical (unpaired) electrons. The first-order chi connectivity index (χ1) is 14.9. The lowest BCUT2D eigenvalue weighted by Gasteiger charge is -2.25. The number of rotatable bonds is 7. The van der Waals surface area contributed by atoms with E-state index in [2.05, 4.69) is 10.2 Å². The lowest BCUT2D eigenvalue weighted by molar-refractivity contribution is 0.414. The Morgan fingerprint density at radius 1 is 1.03 bits per heavy atom. The maximum atomic E-state index is 13.9. The van der Waals surface area contributed by atoms with Gasteiger partial charge in [-0.25, -0.2) is 8.42 Å². The third-order valence-electron chi connectivity index (χ3n) is 5.10. The predicted octanol–water partition coefficient (Wildman–Crippen LogP) is 4.00. The highest BCUT2D eigenvalue weighted by molar-refractivity contribution is 7.93. The summed E-state index contributed by atoms with van der Waals surface area (Å²) in [6.45, 7) is 4.05. The number of benzene rings is 2. The van der Waals surface area contributed by atoms with Crippen LogP contribution >= 0.6 is 0 Å². The fourth-order valence-electron chi connectivity index (χ4n) is 3.54.